The van der Waals surface area contributed by atoms with Crippen LogP contribution in [0.2, 0.25) is 0 Å². The van der Waals surface area contributed by atoms with Crippen molar-refractivity contribution < 1.29 is 13.9 Å². The lowest BCUT2D eigenvalue weighted by Crippen LogP contribution is -2.12. The van der Waals surface area contributed by atoms with Crippen LogP contribution in [0.5, 0.6) is 5.75 Å². The summed E-state index contributed by atoms with van der Waals surface area (Å²) < 4.78 is 25.7. The molecule has 2 aromatic carbocycles. The predicted molar refractivity (Wildman–Crippen MR) is 101 cm³/mol. The second kappa shape index (κ2) is 7.01. The van der Waals surface area contributed by atoms with Crippen molar-refractivity contribution in [3.05, 3.63) is 52.3 Å². The van der Waals surface area contributed by atoms with Crippen LogP contribution < -0.4 is 10.5 Å². The van der Waals surface area contributed by atoms with E-state index in [4.69, 9.17) is 15.2 Å². The van der Waals surface area contributed by atoms with E-state index < -0.39 is 0 Å². The fraction of sp³-hybridized carbons (Fsp3) is 0.455. The maximum Gasteiger partial charge on any atom is 0.128 e. The molecule has 2 N–H and O–H groups in total. The van der Waals surface area contributed by atoms with Crippen LogP contribution >= 0.6 is 0 Å². The van der Waals surface area contributed by atoms with Gasteiger partial charge in [-0.05, 0) is 79.1 Å². The van der Waals surface area contributed by atoms with Gasteiger partial charge in [0, 0.05) is 24.1 Å². The van der Waals surface area contributed by atoms with Crippen LogP contribution in [0.3, 0.4) is 0 Å². The highest BCUT2D eigenvalue weighted by atomic mass is 19.1. The predicted octanol–water partition coefficient (Wildman–Crippen LogP) is 4.47. The maximum absolute atomic E-state index is 14.2. The summed E-state index contributed by atoms with van der Waals surface area (Å²) in [7, 11) is 0. The van der Waals surface area contributed by atoms with Crippen LogP contribution in [0.15, 0.2) is 24.3 Å². The third-order valence-corrected chi connectivity index (χ3v) is 5.67. The van der Waals surface area contributed by atoms with Crippen molar-refractivity contribution in [2.75, 3.05) is 19.8 Å². The number of ether oxygens (including phenoxy) is 2. The summed E-state index contributed by atoms with van der Waals surface area (Å²) in [5.74, 6) is 1.20. The molecule has 1 aliphatic heterocycles. The zero-order chi connectivity index (χ0) is 18.3. The summed E-state index contributed by atoms with van der Waals surface area (Å²) in [6, 6.07) is 7.44. The lowest BCUT2D eigenvalue weighted by atomic mass is 9.90. The Hall–Kier alpha value is -1.91. The molecule has 2 aromatic rings. The minimum absolute atomic E-state index is 0.178. The van der Waals surface area contributed by atoms with Crippen molar-refractivity contribution in [1.82, 2.24) is 0 Å². The third-order valence-electron chi connectivity index (χ3n) is 5.67. The number of rotatable bonds is 4. The van der Waals surface area contributed by atoms with Crippen molar-refractivity contribution >= 4 is 0 Å². The molecule has 1 aliphatic carbocycles. The van der Waals surface area contributed by atoms with Gasteiger partial charge in [0.25, 0.3) is 0 Å². The molecule has 0 spiro atoms. The number of benzene rings is 2. The zero-order valence-corrected chi connectivity index (χ0v) is 15.5. The standard InChI is InChI=1S/C22H26FNO2/c1-13-9-16(26-12-15-7-8-25-11-15)10-14(2)21(13)17-3-5-19(23)22-18(17)4-6-20(22)24/h3,5,9-10,15,20H,4,6-8,11-12,24H2,1-2H3/t15?,20-/m1/s1. The van der Waals surface area contributed by atoms with Crippen LogP contribution in [0, 0.1) is 25.6 Å². The van der Waals surface area contributed by atoms with Crippen molar-refractivity contribution in [2.24, 2.45) is 11.7 Å². The van der Waals surface area contributed by atoms with E-state index in [9.17, 15) is 4.39 Å². The summed E-state index contributed by atoms with van der Waals surface area (Å²) in [5.41, 5.74) is 12.5. The molecule has 0 saturated carbocycles. The number of fused-ring (bicyclic) bond motifs is 1. The minimum atomic E-state index is -0.193. The van der Waals surface area contributed by atoms with Gasteiger partial charge in [-0.2, -0.15) is 0 Å². The molecule has 1 saturated heterocycles. The van der Waals surface area contributed by atoms with E-state index in [2.05, 4.69) is 26.0 Å². The van der Waals surface area contributed by atoms with Gasteiger partial charge in [-0.25, -0.2) is 4.39 Å². The average Bonchev–Trinajstić information content (AvgIpc) is 3.25. The number of nitrogens with two attached hydrogens (primary N) is 1. The molecule has 1 unspecified atom stereocenters. The van der Waals surface area contributed by atoms with E-state index >= 15 is 0 Å². The average molecular weight is 355 g/mol. The Balaban J connectivity index is 1.66. The van der Waals surface area contributed by atoms with Gasteiger partial charge in [0.2, 0.25) is 0 Å². The molecule has 0 amide bonds. The molecule has 0 radical (unpaired) electrons. The fourth-order valence-electron chi connectivity index (χ4n) is 4.35. The molecule has 1 fully saturated rings. The quantitative estimate of drug-likeness (QED) is 0.880. The van der Waals surface area contributed by atoms with Gasteiger partial charge < -0.3 is 15.2 Å². The Bertz CT molecular complexity index is 804. The SMILES string of the molecule is Cc1cc(OCC2CCOC2)cc(C)c1-c1ccc(F)c2c1CC[C@H]2N. The molecule has 138 valence electrons. The van der Waals surface area contributed by atoms with Crippen LogP contribution in [0.4, 0.5) is 4.39 Å². The topological polar surface area (TPSA) is 44.5 Å². The minimum Gasteiger partial charge on any atom is -0.493 e. The molecule has 0 bridgehead atoms. The van der Waals surface area contributed by atoms with Gasteiger partial charge in [0.15, 0.2) is 0 Å². The smallest absolute Gasteiger partial charge is 0.128 e. The maximum atomic E-state index is 14.2. The molecule has 2 aliphatic rings. The van der Waals surface area contributed by atoms with Crippen LogP contribution in [0.25, 0.3) is 11.1 Å². The summed E-state index contributed by atoms with van der Waals surface area (Å²) in [6.07, 6.45) is 2.71. The first-order valence-corrected chi connectivity index (χ1v) is 9.43. The van der Waals surface area contributed by atoms with Crippen molar-refractivity contribution in [3.8, 4) is 16.9 Å². The van der Waals surface area contributed by atoms with Crippen molar-refractivity contribution in [1.29, 1.82) is 0 Å². The van der Waals surface area contributed by atoms with Gasteiger partial charge in [-0.3, -0.25) is 0 Å². The zero-order valence-electron chi connectivity index (χ0n) is 15.5. The van der Waals surface area contributed by atoms with Gasteiger partial charge in [-0.15, -0.1) is 0 Å². The van der Waals surface area contributed by atoms with E-state index in [1.54, 1.807) is 6.07 Å². The lowest BCUT2D eigenvalue weighted by molar-refractivity contribution is 0.167. The molecular weight excluding hydrogens is 329 g/mol. The highest BCUT2D eigenvalue weighted by molar-refractivity contribution is 5.76. The molecule has 1 heterocycles. The second-order valence-electron chi connectivity index (χ2n) is 7.61. The highest BCUT2D eigenvalue weighted by Gasteiger charge is 2.27. The third kappa shape index (κ3) is 3.12. The fourth-order valence-corrected chi connectivity index (χ4v) is 4.35. The summed E-state index contributed by atoms with van der Waals surface area (Å²) in [6.45, 7) is 6.51. The molecule has 0 aromatic heterocycles. The Morgan fingerprint density at radius 2 is 1.96 bits per heavy atom. The summed E-state index contributed by atoms with van der Waals surface area (Å²) in [4.78, 5) is 0. The van der Waals surface area contributed by atoms with E-state index in [1.165, 1.54) is 5.56 Å². The molecule has 4 rings (SSSR count). The first kappa shape index (κ1) is 17.5. The first-order valence-electron chi connectivity index (χ1n) is 9.43. The van der Waals surface area contributed by atoms with E-state index in [0.29, 0.717) is 18.1 Å². The van der Waals surface area contributed by atoms with Gasteiger partial charge in [-0.1, -0.05) is 6.07 Å². The van der Waals surface area contributed by atoms with Gasteiger partial charge in [0.1, 0.15) is 11.6 Å². The van der Waals surface area contributed by atoms with Crippen LogP contribution in [0.1, 0.15) is 41.1 Å². The monoisotopic (exact) mass is 355 g/mol. The molecule has 4 heteroatoms. The number of halogens is 1. The Labute approximate surface area is 154 Å². The number of hydrogen-bond acceptors (Lipinski definition) is 3. The number of aryl methyl sites for hydroxylation is 2. The van der Waals surface area contributed by atoms with Crippen molar-refractivity contribution in [2.45, 2.75) is 39.2 Å². The van der Waals surface area contributed by atoms with Crippen molar-refractivity contribution in [3.63, 3.8) is 0 Å². The summed E-state index contributed by atoms with van der Waals surface area (Å²) >= 11 is 0. The van der Waals surface area contributed by atoms with Gasteiger partial charge >= 0.3 is 0 Å². The summed E-state index contributed by atoms with van der Waals surface area (Å²) in [5, 5.41) is 0. The lowest BCUT2D eigenvalue weighted by Gasteiger charge is -2.18. The Morgan fingerprint density at radius 3 is 2.65 bits per heavy atom. The second-order valence-corrected chi connectivity index (χ2v) is 7.61. The van der Waals surface area contributed by atoms with Gasteiger partial charge in [0.05, 0.1) is 13.2 Å². The Kier molecular flexibility index (Phi) is 4.72. The Morgan fingerprint density at radius 1 is 1.19 bits per heavy atom. The first-order chi connectivity index (χ1) is 12.5. The molecule has 26 heavy (non-hydrogen) atoms. The van der Waals surface area contributed by atoms with E-state index in [0.717, 1.165) is 60.5 Å². The molecular formula is C22H26FNO2. The molecule has 3 nitrogen and oxygen atoms in total. The normalized spacial score (nSPS) is 21.8. The van der Waals surface area contributed by atoms with Crippen LogP contribution in [-0.2, 0) is 11.2 Å². The highest BCUT2D eigenvalue weighted by Crippen LogP contribution is 2.41. The van der Waals surface area contributed by atoms with E-state index in [1.807, 2.05) is 6.07 Å². The molecule has 2 atom stereocenters. The van der Waals surface area contributed by atoms with E-state index in [-0.39, 0.29) is 11.9 Å². The largest absolute Gasteiger partial charge is 0.493 e. The number of hydrogen-bond donors (Lipinski definition) is 1. The van der Waals surface area contributed by atoms with Crippen LogP contribution in [-0.4, -0.2) is 19.8 Å².